The molecule has 1 atom stereocenters. The van der Waals surface area contributed by atoms with E-state index in [2.05, 4.69) is 24.5 Å². The predicted molar refractivity (Wildman–Crippen MR) is 73.5 cm³/mol. The van der Waals surface area contributed by atoms with Crippen molar-refractivity contribution in [1.29, 1.82) is 0 Å². The van der Waals surface area contributed by atoms with E-state index in [1.165, 1.54) is 0 Å². The summed E-state index contributed by atoms with van der Waals surface area (Å²) < 4.78 is 5.35. The first kappa shape index (κ1) is 15.4. The highest BCUT2D eigenvalue weighted by atomic mass is 16.5. The smallest absolute Gasteiger partial charge is 0.234 e. The van der Waals surface area contributed by atoms with Crippen molar-refractivity contribution in [3.05, 3.63) is 0 Å². The molecule has 1 rings (SSSR count). The molecule has 0 saturated carbocycles. The van der Waals surface area contributed by atoms with Gasteiger partial charge in [-0.25, -0.2) is 0 Å². The van der Waals surface area contributed by atoms with Crippen molar-refractivity contribution in [2.45, 2.75) is 58.5 Å². The lowest BCUT2D eigenvalue weighted by atomic mass is 9.93. The second-order valence-electron chi connectivity index (χ2n) is 5.90. The van der Waals surface area contributed by atoms with Crippen LogP contribution in [0.5, 0.6) is 0 Å². The Balaban J connectivity index is 2.24. The largest absolute Gasteiger partial charge is 0.381 e. The van der Waals surface area contributed by atoms with Gasteiger partial charge in [0.2, 0.25) is 5.91 Å². The van der Waals surface area contributed by atoms with Gasteiger partial charge in [-0.05, 0) is 46.0 Å². The zero-order chi connectivity index (χ0) is 13.6. The molecule has 1 unspecified atom stereocenters. The molecule has 18 heavy (non-hydrogen) atoms. The first-order valence-electron chi connectivity index (χ1n) is 7.07. The monoisotopic (exact) mass is 256 g/mol. The number of nitrogens with one attached hydrogen (secondary N) is 2. The molecule has 1 saturated heterocycles. The van der Waals surface area contributed by atoms with Gasteiger partial charge in [-0.3, -0.25) is 4.79 Å². The standard InChI is InChI=1S/C14H28N2O2/c1-5-14(3,4)16-13(17)10-15-11(2)12-6-8-18-9-7-12/h11-12,15H,5-10H2,1-4H3,(H,16,17). The lowest BCUT2D eigenvalue weighted by molar-refractivity contribution is -0.122. The molecule has 0 bridgehead atoms. The van der Waals surface area contributed by atoms with Crippen LogP contribution in [0.1, 0.15) is 47.0 Å². The molecule has 1 heterocycles. The molecule has 0 aromatic carbocycles. The quantitative estimate of drug-likeness (QED) is 0.760. The summed E-state index contributed by atoms with van der Waals surface area (Å²) in [4.78, 5) is 11.8. The third-order valence-electron chi connectivity index (χ3n) is 3.92. The molecule has 1 fully saturated rings. The zero-order valence-electron chi connectivity index (χ0n) is 12.2. The lowest BCUT2D eigenvalue weighted by Crippen LogP contribution is -2.48. The summed E-state index contributed by atoms with van der Waals surface area (Å²) in [5, 5.41) is 6.37. The van der Waals surface area contributed by atoms with Crippen molar-refractivity contribution in [3.8, 4) is 0 Å². The highest BCUT2D eigenvalue weighted by Gasteiger charge is 2.22. The summed E-state index contributed by atoms with van der Waals surface area (Å²) in [6, 6.07) is 0.379. The number of hydrogen-bond donors (Lipinski definition) is 2. The van der Waals surface area contributed by atoms with Crippen LogP contribution in [0.4, 0.5) is 0 Å². The van der Waals surface area contributed by atoms with Crippen LogP contribution in [0.25, 0.3) is 0 Å². The molecule has 106 valence electrons. The number of amides is 1. The Hall–Kier alpha value is -0.610. The third kappa shape index (κ3) is 5.36. The summed E-state index contributed by atoms with van der Waals surface area (Å²) in [5.74, 6) is 0.714. The number of ether oxygens (including phenoxy) is 1. The van der Waals surface area contributed by atoms with Gasteiger partial charge in [0.1, 0.15) is 0 Å². The van der Waals surface area contributed by atoms with Crippen LogP contribution in [-0.4, -0.2) is 37.2 Å². The molecule has 1 amide bonds. The van der Waals surface area contributed by atoms with Crippen LogP contribution in [0, 0.1) is 5.92 Å². The molecule has 2 N–H and O–H groups in total. The van der Waals surface area contributed by atoms with E-state index >= 15 is 0 Å². The first-order valence-corrected chi connectivity index (χ1v) is 7.07. The van der Waals surface area contributed by atoms with Gasteiger partial charge in [0.25, 0.3) is 0 Å². The molecule has 0 aromatic rings. The second kappa shape index (κ2) is 7.10. The molecule has 4 heteroatoms. The van der Waals surface area contributed by atoms with Gasteiger partial charge in [0, 0.05) is 24.8 Å². The maximum atomic E-state index is 11.8. The molecular weight excluding hydrogens is 228 g/mol. The van der Waals surface area contributed by atoms with Gasteiger partial charge < -0.3 is 15.4 Å². The van der Waals surface area contributed by atoms with Crippen LogP contribution in [0.3, 0.4) is 0 Å². The SMILES string of the molecule is CCC(C)(C)NC(=O)CNC(C)C1CCOCC1. The van der Waals surface area contributed by atoms with E-state index in [1.807, 2.05) is 13.8 Å². The van der Waals surface area contributed by atoms with Crippen LogP contribution in [-0.2, 0) is 9.53 Å². The number of hydrogen-bond acceptors (Lipinski definition) is 3. The number of carbonyl (C=O) groups is 1. The summed E-state index contributed by atoms with van der Waals surface area (Å²) in [6.07, 6.45) is 3.13. The highest BCUT2D eigenvalue weighted by molar-refractivity contribution is 5.78. The van der Waals surface area contributed by atoms with Crippen LogP contribution in [0.2, 0.25) is 0 Å². The van der Waals surface area contributed by atoms with E-state index in [0.29, 0.717) is 18.5 Å². The zero-order valence-corrected chi connectivity index (χ0v) is 12.2. The van der Waals surface area contributed by atoms with Gasteiger partial charge in [0.15, 0.2) is 0 Å². The van der Waals surface area contributed by atoms with Crippen molar-refractivity contribution < 1.29 is 9.53 Å². The average Bonchev–Trinajstić information content (AvgIpc) is 2.36. The Bertz CT molecular complexity index is 261. The second-order valence-corrected chi connectivity index (χ2v) is 5.90. The fraction of sp³-hybridized carbons (Fsp3) is 0.929. The normalized spacial score (nSPS) is 19.6. The van der Waals surface area contributed by atoms with E-state index in [1.54, 1.807) is 0 Å². The fourth-order valence-electron chi connectivity index (χ4n) is 2.15. The van der Waals surface area contributed by atoms with Crippen molar-refractivity contribution in [2.75, 3.05) is 19.8 Å². The molecule has 4 nitrogen and oxygen atoms in total. The average molecular weight is 256 g/mol. The van der Waals surface area contributed by atoms with Gasteiger partial charge in [-0.2, -0.15) is 0 Å². The summed E-state index contributed by atoms with van der Waals surface area (Å²) in [6.45, 7) is 10.5. The Morgan fingerprint density at radius 1 is 1.39 bits per heavy atom. The first-order chi connectivity index (χ1) is 8.44. The van der Waals surface area contributed by atoms with E-state index < -0.39 is 0 Å². The van der Waals surface area contributed by atoms with Crippen molar-refractivity contribution in [2.24, 2.45) is 5.92 Å². The van der Waals surface area contributed by atoms with Crippen molar-refractivity contribution in [1.82, 2.24) is 10.6 Å². The maximum absolute atomic E-state index is 11.8. The molecule has 1 aliphatic rings. The minimum Gasteiger partial charge on any atom is -0.381 e. The highest BCUT2D eigenvalue weighted by Crippen LogP contribution is 2.18. The number of rotatable bonds is 6. The van der Waals surface area contributed by atoms with E-state index in [-0.39, 0.29) is 11.4 Å². The molecule has 0 aliphatic carbocycles. The predicted octanol–water partition coefficient (Wildman–Crippen LogP) is 1.70. The fourth-order valence-corrected chi connectivity index (χ4v) is 2.15. The van der Waals surface area contributed by atoms with Crippen molar-refractivity contribution in [3.63, 3.8) is 0 Å². The topological polar surface area (TPSA) is 50.4 Å². The number of carbonyl (C=O) groups excluding carboxylic acids is 1. The molecule has 0 spiro atoms. The van der Waals surface area contributed by atoms with Crippen LogP contribution < -0.4 is 10.6 Å². The molecule has 0 radical (unpaired) electrons. The Kier molecular flexibility index (Phi) is 6.09. The third-order valence-corrected chi connectivity index (χ3v) is 3.92. The van der Waals surface area contributed by atoms with Gasteiger partial charge in [0.05, 0.1) is 6.54 Å². The van der Waals surface area contributed by atoms with E-state index in [0.717, 1.165) is 32.5 Å². The Morgan fingerprint density at radius 2 is 2.00 bits per heavy atom. The van der Waals surface area contributed by atoms with Gasteiger partial charge in [-0.15, -0.1) is 0 Å². The maximum Gasteiger partial charge on any atom is 0.234 e. The van der Waals surface area contributed by atoms with Gasteiger partial charge >= 0.3 is 0 Å². The molecule has 1 aliphatic heterocycles. The van der Waals surface area contributed by atoms with Crippen LogP contribution >= 0.6 is 0 Å². The minimum atomic E-state index is -0.110. The molecular formula is C14H28N2O2. The van der Waals surface area contributed by atoms with Crippen molar-refractivity contribution >= 4 is 5.91 Å². The molecule has 0 aromatic heterocycles. The van der Waals surface area contributed by atoms with Gasteiger partial charge in [-0.1, -0.05) is 6.92 Å². The lowest BCUT2D eigenvalue weighted by Gasteiger charge is -2.29. The Morgan fingerprint density at radius 3 is 2.56 bits per heavy atom. The van der Waals surface area contributed by atoms with E-state index in [9.17, 15) is 4.79 Å². The summed E-state index contributed by atoms with van der Waals surface area (Å²) in [7, 11) is 0. The minimum absolute atomic E-state index is 0.0840. The summed E-state index contributed by atoms with van der Waals surface area (Å²) >= 11 is 0. The summed E-state index contributed by atoms with van der Waals surface area (Å²) in [5.41, 5.74) is -0.110. The van der Waals surface area contributed by atoms with E-state index in [4.69, 9.17) is 4.74 Å². The van der Waals surface area contributed by atoms with Crippen LogP contribution in [0.15, 0.2) is 0 Å². The Labute approximate surface area is 111 Å².